The highest BCUT2D eigenvalue weighted by Gasteiger charge is 2.31. The smallest absolute Gasteiger partial charge is 0.115 e. The fourth-order valence-electron chi connectivity index (χ4n) is 4.08. The molecule has 6 heteroatoms. The fourth-order valence-corrected chi connectivity index (χ4v) is 4.35. The molecule has 2 aromatic carbocycles. The van der Waals surface area contributed by atoms with E-state index in [2.05, 4.69) is 4.57 Å². The molecule has 4 rings (SSSR count). The number of aliphatic hydroxyl groups is 2. The molecular weight excluding hydrogens is 378 g/mol. The minimum absolute atomic E-state index is 0.112. The van der Waals surface area contributed by atoms with E-state index in [1.807, 2.05) is 37.4 Å². The molecule has 3 atom stereocenters. The summed E-state index contributed by atoms with van der Waals surface area (Å²) < 4.78 is 8.16. The number of phenolic OH excluding ortho intramolecular Hbond substituents is 1. The summed E-state index contributed by atoms with van der Waals surface area (Å²) in [5.41, 5.74) is 4.03. The van der Waals surface area contributed by atoms with Gasteiger partial charge in [-0.25, -0.2) is 0 Å². The van der Waals surface area contributed by atoms with Crippen LogP contribution >= 0.6 is 11.6 Å². The van der Waals surface area contributed by atoms with E-state index in [0.29, 0.717) is 24.4 Å². The van der Waals surface area contributed by atoms with Crippen molar-refractivity contribution >= 4 is 22.5 Å². The third-order valence-electron chi connectivity index (χ3n) is 5.43. The van der Waals surface area contributed by atoms with E-state index in [0.717, 1.165) is 27.6 Å². The quantitative estimate of drug-likeness (QED) is 0.619. The van der Waals surface area contributed by atoms with E-state index in [4.69, 9.17) is 16.3 Å². The number of aromatic nitrogens is 1. The summed E-state index contributed by atoms with van der Waals surface area (Å²) in [5, 5.41) is 31.0. The first-order valence-electron chi connectivity index (χ1n) is 9.46. The summed E-state index contributed by atoms with van der Waals surface area (Å²) in [7, 11) is 0. The Morgan fingerprint density at radius 3 is 2.61 bits per heavy atom. The first kappa shape index (κ1) is 19.3. The Kier molecular flexibility index (Phi) is 5.34. The third-order valence-corrected chi connectivity index (χ3v) is 5.73. The van der Waals surface area contributed by atoms with Crippen LogP contribution in [0.4, 0.5) is 0 Å². The van der Waals surface area contributed by atoms with Gasteiger partial charge >= 0.3 is 0 Å². The van der Waals surface area contributed by atoms with Crippen LogP contribution in [-0.4, -0.2) is 38.7 Å². The second kappa shape index (κ2) is 7.76. The van der Waals surface area contributed by atoms with Gasteiger partial charge in [0.15, 0.2) is 0 Å². The molecule has 3 aromatic rings. The molecule has 0 radical (unpaired) electrons. The minimum atomic E-state index is -0.508. The number of aryl methyl sites for hydroxylation is 1. The number of aliphatic hydroxyl groups excluding tert-OH is 2. The molecule has 0 unspecified atom stereocenters. The second-order valence-electron chi connectivity index (χ2n) is 7.52. The molecule has 1 fully saturated rings. The molecule has 0 bridgehead atoms. The molecule has 2 heterocycles. The maximum absolute atomic E-state index is 10.3. The van der Waals surface area contributed by atoms with Crippen molar-refractivity contribution in [3.63, 3.8) is 0 Å². The van der Waals surface area contributed by atoms with Crippen LogP contribution in [0.1, 0.15) is 35.6 Å². The SMILES string of the molecule is Cc1ccc(Cl)c2c1c([C@H]1C[C@@H](O)C[C@@H](CO)O1)cn2Cc1ccc(O)cc1. The molecule has 5 nitrogen and oxygen atoms in total. The largest absolute Gasteiger partial charge is 0.508 e. The van der Waals surface area contributed by atoms with Crippen LogP contribution in [0.3, 0.4) is 0 Å². The van der Waals surface area contributed by atoms with E-state index in [-0.39, 0.29) is 24.6 Å². The van der Waals surface area contributed by atoms with Gasteiger partial charge in [0, 0.05) is 36.5 Å². The Labute approximate surface area is 168 Å². The highest BCUT2D eigenvalue weighted by molar-refractivity contribution is 6.35. The van der Waals surface area contributed by atoms with Gasteiger partial charge < -0.3 is 24.6 Å². The van der Waals surface area contributed by atoms with Gasteiger partial charge in [0.05, 0.1) is 35.5 Å². The highest BCUT2D eigenvalue weighted by atomic mass is 35.5. The molecule has 0 saturated carbocycles. The topological polar surface area (TPSA) is 74.8 Å². The van der Waals surface area contributed by atoms with Crippen molar-refractivity contribution in [3.8, 4) is 5.75 Å². The lowest BCUT2D eigenvalue weighted by Crippen LogP contribution is -2.33. The lowest BCUT2D eigenvalue weighted by molar-refractivity contribution is -0.113. The molecule has 1 saturated heterocycles. The molecule has 1 aliphatic heterocycles. The summed E-state index contributed by atoms with van der Waals surface area (Å²) in [4.78, 5) is 0. The van der Waals surface area contributed by atoms with Crippen LogP contribution in [0, 0.1) is 6.92 Å². The Bertz CT molecular complexity index is 982. The van der Waals surface area contributed by atoms with Crippen molar-refractivity contribution in [2.24, 2.45) is 0 Å². The lowest BCUT2D eigenvalue weighted by Gasteiger charge is -2.32. The van der Waals surface area contributed by atoms with Crippen LogP contribution in [0.25, 0.3) is 10.9 Å². The van der Waals surface area contributed by atoms with Gasteiger partial charge in [0.2, 0.25) is 0 Å². The Morgan fingerprint density at radius 2 is 1.89 bits per heavy atom. The number of fused-ring (bicyclic) bond motifs is 1. The number of aromatic hydroxyl groups is 1. The minimum Gasteiger partial charge on any atom is -0.508 e. The normalized spacial score (nSPS) is 22.6. The summed E-state index contributed by atoms with van der Waals surface area (Å²) in [6.45, 7) is 2.52. The van der Waals surface area contributed by atoms with Gasteiger partial charge in [-0.15, -0.1) is 0 Å². The predicted octanol–water partition coefficient (Wildman–Crippen LogP) is 3.93. The monoisotopic (exact) mass is 401 g/mol. The van der Waals surface area contributed by atoms with Gasteiger partial charge in [-0.2, -0.15) is 0 Å². The molecule has 0 amide bonds. The van der Waals surface area contributed by atoms with Crippen LogP contribution in [-0.2, 0) is 11.3 Å². The van der Waals surface area contributed by atoms with Gasteiger partial charge in [-0.3, -0.25) is 0 Å². The Balaban J connectivity index is 1.81. The molecule has 1 aliphatic rings. The number of benzene rings is 2. The molecule has 1 aromatic heterocycles. The zero-order valence-corrected chi connectivity index (χ0v) is 16.4. The number of halogens is 1. The molecular formula is C22H24ClNO4. The molecule has 0 spiro atoms. The van der Waals surface area contributed by atoms with E-state index in [1.54, 1.807) is 12.1 Å². The number of phenols is 1. The highest BCUT2D eigenvalue weighted by Crippen LogP contribution is 2.40. The number of rotatable bonds is 4. The van der Waals surface area contributed by atoms with Crippen molar-refractivity contribution in [3.05, 3.63) is 64.3 Å². The maximum atomic E-state index is 10.3. The van der Waals surface area contributed by atoms with Crippen molar-refractivity contribution < 1.29 is 20.1 Å². The molecule has 148 valence electrons. The van der Waals surface area contributed by atoms with Crippen molar-refractivity contribution in [1.82, 2.24) is 4.57 Å². The molecule has 3 N–H and O–H groups in total. The van der Waals surface area contributed by atoms with E-state index in [1.165, 1.54) is 0 Å². The average molecular weight is 402 g/mol. The number of hydrogen-bond donors (Lipinski definition) is 3. The first-order chi connectivity index (χ1) is 13.5. The van der Waals surface area contributed by atoms with Crippen LogP contribution in [0.2, 0.25) is 5.02 Å². The number of hydrogen-bond acceptors (Lipinski definition) is 4. The van der Waals surface area contributed by atoms with Gasteiger partial charge in [-0.05, 0) is 36.2 Å². The average Bonchev–Trinajstić information content (AvgIpc) is 3.06. The lowest BCUT2D eigenvalue weighted by atomic mass is 9.94. The van der Waals surface area contributed by atoms with E-state index in [9.17, 15) is 15.3 Å². The van der Waals surface area contributed by atoms with Gasteiger partial charge in [0.1, 0.15) is 5.75 Å². The molecule has 28 heavy (non-hydrogen) atoms. The van der Waals surface area contributed by atoms with Crippen molar-refractivity contribution in [2.45, 2.75) is 44.6 Å². The fraction of sp³-hybridized carbons (Fsp3) is 0.364. The van der Waals surface area contributed by atoms with Crippen LogP contribution in [0.15, 0.2) is 42.6 Å². The first-order valence-corrected chi connectivity index (χ1v) is 9.84. The Morgan fingerprint density at radius 1 is 1.14 bits per heavy atom. The van der Waals surface area contributed by atoms with Crippen LogP contribution < -0.4 is 0 Å². The van der Waals surface area contributed by atoms with Crippen LogP contribution in [0.5, 0.6) is 5.75 Å². The predicted molar refractivity (Wildman–Crippen MR) is 109 cm³/mol. The van der Waals surface area contributed by atoms with E-state index < -0.39 is 6.10 Å². The zero-order valence-electron chi connectivity index (χ0n) is 15.7. The number of ether oxygens (including phenoxy) is 1. The summed E-state index contributed by atoms with van der Waals surface area (Å²) in [6.07, 6.45) is 1.78. The number of nitrogens with zero attached hydrogens (tertiary/aromatic N) is 1. The van der Waals surface area contributed by atoms with Crippen molar-refractivity contribution in [2.75, 3.05) is 6.61 Å². The van der Waals surface area contributed by atoms with Gasteiger partial charge in [0.25, 0.3) is 0 Å². The van der Waals surface area contributed by atoms with Crippen molar-refractivity contribution in [1.29, 1.82) is 0 Å². The second-order valence-corrected chi connectivity index (χ2v) is 7.93. The molecule has 0 aliphatic carbocycles. The summed E-state index contributed by atoms with van der Waals surface area (Å²) in [6, 6.07) is 11.0. The summed E-state index contributed by atoms with van der Waals surface area (Å²) >= 11 is 6.57. The Hall–Kier alpha value is -2.05. The zero-order chi connectivity index (χ0) is 19.8. The summed E-state index contributed by atoms with van der Waals surface area (Å²) in [5.74, 6) is 0.232. The maximum Gasteiger partial charge on any atom is 0.115 e. The van der Waals surface area contributed by atoms with E-state index >= 15 is 0 Å². The van der Waals surface area contributed by atoms with Gasteiger partial charge in [-0.1, -0.05) is 29.8 Å². The third kappa shape index (κ3) is 3.63. The standard InChI is InChI=1S/C22H24ClNO4/c1-13-2-7-19(23)22-21(13)18(20-9-16(27)8-17(12-25)28-20)11-24(22)10-14-3-5-15(26)6-4-14/h2-7,11,16-17,20,25-27H,8-10,12H2,1H3/t16-,17-,20+/m0/s1.